The van der Waals surface area contributed by atoms with E-state index in [1.807, 2.05) is 0 Å². The lowest BCUT2D eigenvalue weighted by molar-refractivity contribution is -0.384. The highest BCUT2D eigenvalue weighted by Crippen LogP contribution is 2.24. The Bertz CT molecular complexity index is 1090. The molecule has 0 aliphatic rings. The molecule has 0 bridgehead atoms. The van der Waals surface area contributed by atoms with Gasteiger partial charge in [0.2, 0.25) is 0 Å². The number of nitro benzene ring substituents is 1. The van der Waals surface area contributed by atoms with Crippen LogP contribution in [0, 0.1) is 10.1 Å². The first-order chi connectivity index (χ1) is 12.9. The third kappa shape index (κ3) is 3.93. The summed E-state index contributed by atoms with van der Waals surface area (Å²) in [6.07, 6.45) is 0. The molecule has 0 spiro atoms. The number of carbonyl (C=O) groups excluding carboxylic acids is 1. The molecule has 0 saturated heterocycles. The molecule has 0 fully saturated rings. The van der Waals surface area contributed by atoms with E-state index in [1.54, 1.807) is 18.2 Å². The topological polar surface area (TPSA) is 114 Å². The molecule has 10 heteroatoms. The van der Waals surface area contributed by atoms with Gasteiger partial charge in [0.25, 0.3) is 5.69 Å². The van der Waals surface area contributed by atoms with E-state index >= 15 is 0 Å². The molecule has 0 atom stereocenters. The summed E-state index contributed by atoms with van der Waals surface area (Å²) in [6.45, 7) is -0.509. The Kier molecular flexibility index (Phi) is 5.13. The number of benzene rings is 2. The summed E-state index contributed by atoms with van der Waals surface area (Å²) in [6, 6.07) is 8.57. The molecule has 3 aromatic rings. The first-order valence-electron chi connectivity index (χ1n) is 7.65. The standard InChI is InChI=1S/C17H13ClN2O7/c1-25-14-5-2-11(18)6-10(14)9-26-16(21)8-19-13-4-3-12(20(23)24)7-15(13)27-17(19)22/h2-7H,8-9H2,1H3. The minimum Gasteiger partial charge on any atom is -0.496 e. The Morgan fingerprint density at radius 2 is 2.07 bits per heavy atom. The number of fused-ring (bicyclic) bond motifs is 1. The van der Waals surface area contributed by atoms with Crippen LogP contribution in [0.3, 0.4) is 0 Å². The molecule has 0 amide bonds. The molecule has 1 aromatic heterocycles. The van der Waals surface area contributed by atoms with Crippen LogP contribution in [0.2, 0.25) is 5.02 Å². The number of oxazole rings is 1. The molecule has 1 heterocycles. The molecule has 27 heavy (non-hydrogen) atoms. The van der Waals surface area contributed by atoms with Crippen molar-refractivity contribution < 1.29 is 23.6 Å². The summed E-state index contributed by atoms with van der Waals surface area (Å²) in [7, 11) is 1.48. The second-order valence-electron chi connectivity index (χ2n) is 5.48. The first kappa shape index (κ1) is 18.5. The molecule has 3 rings (SSSR count). The summed E-state index contributed by atoms with van der Waals surface area (Å²) in [5, 5.41) is 11.3. The molecule has 0 unspecified atom stereocenters. The molecule has 140 valence electrons. The maximum absolute atomic E-state index is 12.1. The predicted molar refractivity (Wildman–Crippen MR) is 94.9 cm³/mol. The molecule has 0 aliphatic heterocycles. The number of esters is 1. The molecule has 0 radical (unpaired) electrons. The van der Waals surface area contributed by atoms with Gasteiger partial charge in [-0.05, 0) is 24.3 Å². The highest BCUT2D eigenvalue weighted by Gasteiger charge is 2.17. The molecule has 0 aliphatic carbocycles. The van der Waals surface area contributed by atoms with Crippen molar-refractivity contribution in [1.29, 1.82) is 0 Å². The number of carbonyl (C=O) groups is 1. The summed E-state index contributed by atoms with van der Waals surface area (Å²) in [5.41, 5.74) is 0.610. The number of hydrogen-bond donors (Lipinski definition) is 0. The van der Waals surface area contributed by atoms with Crippen molar-refractivity contribution in [3.8, 4) is 5.75 Å². The highest BCUT2D eigenvalue weighted by molar-refractivity contribution is 6.30. The first-order valence-corrected chi connectivity index (χ1v) is 8.02. The third-order valence-electron chi connectivity index (χ3n) is 3.78. The monoisotopic (exact) mass is 392 g/mol. The molecule has 0 saturated carbocycles. The van der Waals surface area contributed by atoms with Gasteiger partial charge >= 0.3 is 11.7 Å². The fraction of sp³-hybridized carbons (Fsp3) is 0.176. The van der Waals surface area contributed by atoms with Gasteiger partial charge in [-0.1, -0.05) is 11.6 Å². The number of ether oxygens (including phenoxy) is 2. The van der Waals surface area contributed by atoms with Crippen LogP contribution in [0.4, 0.5) is 5.69 Å². The van der Waals surface area contributed by atoms with Crippen LogP contribution in [0.25, 0.3) is 11.1 Å². The summed E-state index contributed by atoms with van der Waals surface area (Å²) >= 11 is 5.92. The molecular formula is C17H13ClN2O7. The Morgan fingerprint density at radius 1 is 1.30 bits per heavy atom. The van der Waals surface area contributed by atoms with Crippen molar-refractivity contribution in [2.75, 3.05) is 7.11 Å². The molecule has 9 nitrogen and oxygen atoms in total. The predicted octanol–water partition coefficient (Wildman–Crippen LogP) is 2.91. The smallest absolute Gasteiger partial charge is 0.420 e. The zero-order chi connectivity index (χ0) is 19.6. The fourth-order valence-electron chi connectivity index (χ4n) is 2.51. The fourth-order valence-corrected chi connectivity index (χ4v) is 2.71. The Labute approximate surface area is 156 Å². The van der Waals surface area contributed by atoms with Gasteiger partial charge in [-0.25, -0.2) is 4.79 Å². The van der Waals surface area contributed by atoms with E-state index in [0.29, 0.717) is 16.3 Å². The number of nitrogens with zero attached hydrogens (tertiary/aromatic N) is 2. The molecule has 0 N–H and O–H groups in total. The van der Waals surface area contributed by atoms with E-state index in [1.165, 1.54) is 19.2 Å². The SMILES string of the molecule is COc1ccc(Cl)cc1COC(=O)Cn1c(=O)oc2cc([N+](=O)[O-])ccc21. The van der Waals surface area contributed by atoms with Crippen molar-refractivity contribution in [1.82, 2.24) is 4.57 Å². The maximum Gasteiger partial charge on any atom is 0.420 e. The van der Waals surface area contributed by atoms with E-state index in [2.05, 4.69) is 0 Å². The lowest BCUT2D eigenvalue weighted by Crippen LogP contribution is -2.21. The van der Waals surface area contributed by atoms with E-state index in [-0.39, 0.29) is 23.4 Å². The molecule has 2 aromatic carbocycles. The minimum absolute atomic E-state index is 0.0125. The number of non-ortho nitro benzene ring substituents is 1. The van der Waals surface area contributed by atoms with Gasteiger partial charge in [0.1, 0.15) is 18.9 Å². The summed E-state index contributed by atoms with van der Waals surface area (Å²) in [5.74, 6) is -1.01. The van der Waals surface area contributed by atoms with Gasteiger partial charge in [-0.3, -0.25) is 19.5 Å². The zero-order valence-corrected chi connectivity index (χ0v) is 14.8. The number of hydrogen-bond acceptors (Lipinski definition) is 7. The maximum atomic E-state index is 12.1. The summed E-state index contributed by atoms with van der Waals surface area (Å²) in [4.78, 5) is 34.3. The Balaban J connectivity index is 1.77. The Morgan fingerprint density at radius 3 is 2.78 bits per heavy atom. The van der Waals surface area contributed by atoms with Crippen LogP contribution in [0.1, 0.15) is 5.56 Å². The van der Waals surface area contributed by atoms with Crippen molar-refractivity contribution in [3.63, 3.8) is 0 Å². The third-order valence-corrected chi connectivity index (χ3v) is 4.02. The van der Waals surface area contributed by atoms with E-state index < -0.39 is 23.2 Å². The van der Waals surface area contributed by atoms with Crippen LogP contribution < -0.4 is 10.5 Å². The molecular weight excluding hydrogens is 380 g/mol. The lowest BCUT2D eigenvalue weighted by atomic mass is 10.2. The van der Waals surface area contributed by atoms with Crippen molar-refractivity contribution in [3.05, 3.63) is 67.6 Å². The highest BCUT2D eigenvalue weighted by atomic mass is 35.5. The van der Waals surface area contributed by atoms with Crippen LogP contribution in [0.5, 0.6) is 5.75 Å². The average Bonchev–Trinajstić information content (AvgIpc) is 2.94. The van der Waals surface area contributed by atoms with Crippen molar-refractivity contribution in [2.45, 2.75) is 13.2 Å². The summed E-state index contributed by atoms with van der Waals surface area (Å²) < 4.78 is 16.3. The number of nitro groups is 1. The zero-order valence-electron chi connectivity index (χ0n) is 14.0. The Hall–Kier alpha value is -3.33. The van der Waals surface area contributed by atoms with Crippen LogP contribution >= 0.6 is 11.6 Å². The van der Waals surface area contributed by atoms with Crippen molar-refractivity contribution in [2.24, 2.45) is 0 Å². The largest absolute Gasteiger partial charge is 0.496 e. The van der Waals surface area contributed by atoms with Crippen molar-refractivity contribution >= 4 is 34.4 Å². The second-order valence-corrected chi connectivity index (χ2v) is 5.92. The van der Waals surface area contributed by atoms with Gasteiger partial charge in [0.15, 0.2) is 5.58 Å². The number of rotatable bonds is 6. The normalized spacial score (nSPS) is 10.7. The van der Waals surface area contributed by atoms with Gasteiger partial charge < -0.3 is 13.9 Å². The van der Waals surface area contributed by atoms with Gasteiger partial charge in [-0.2, -0.15) is 0 Å². The number of halogens is 1. The minimum atomic E-state index is -0.817. The van der Waals surface area contributed by atoms with Gasteiger partial charge in [0, 0.05) is 16.7 Å². The van der Waals surface area contributed by atoms with Crippen LogP contribution in [-0.4, -0.2) is 22.6 Å². The second kappa shape index (κ2) is 7.50. The number of aromatic nitrogens is 1. The number of methoxy groups -OCH3 is 1. The average molecular weight is 393 g/mol. The van der Waals surface area contributed by atoms with E-state index in [9.17, 15) is 19.7 Å². The van der Waals surface area contributed by atoms with Gasteiger partial charge in [0.05, 0.1) is 23.6 Å². The van der Waals surface area contributed by atoms with E-state index in [0.717, 1.165) is 10.6 Å². The van der Waals surface area contributed by atoms with Crippen LogP contribution in [0.15, 0.2) is 45.6 Å². The van der Waals surface area contributed by atoms with Gasteiger partial charge in [-0.15, -0.1) is 0 Å². The van der Waals surface area contributed by atoms with Crippen LogP contribution in [-0.2, 0) is 22.7 Å². The van der Waals surface area contributed by atoms with E-state index in [4.69, 9.17) is 25.5 Å². The lowest BCUT2D eigenvalue weighted by Gasteiger charge is -2.10. The quantitative estimate of drug-likeness (QED) is 0.360.